The molecule has 3 atom stereocenters. The van der Waals surface area contributed by atoms with E-state index in [1.165, 1.54) is 19.1 Å². The first kappa shape index (κ1) is 14.8. The molecule has 110 valence electrons. The molecule has 2 rings (SSSR count). The predicted octanol–water partition coefficient (Wildman–Crippen LogP) is 2.20. The Labute approximate surface area is 118 Å². The maximum Gasteiger partial charge on any atom is 0.302 e. The Morgan fingerprint density at radius 2 is 2.35 bits per heavy atom. The van der Waals surface area contributed by atoms with Crippen LogP contribution in [0.15, 0.2) is 18.2 Å². The summed E-state index contributed by atoms with van der Waals surface area (Å²) in [6.45, 7) is 4.19. The van der Waals surface area contributed by atoms with E-state index in [2.05, 4.69) is 12.2 Å². The molecule has 1 aromatic rings. The highest BCUT2D eigenvalue weighted by molar-refractivity contribution is 5.66. The Kier molecular flexibility index (Phi) is 4.60. The number of carbonyl (C=O) groups is 1. The summed E-state index contributed by atoms with van der Waals surface area (Å²) in [5.41, 5.74) is 7.31. The fourth-order valence-corrected chi connectivity index (χ4v) is 2.83. The van der Waals surface area contributed by atoms with E-state index in [4.69, 9.17) is 10.5 Å². The van der Waals surface area contributed by atoms with Crippen molar-refractivity contribution < 1.29 is 13.9 Å². The van der Waals surface area contributed by atoms with Gasteiger partial charge in [0.1, 0.15) is 11.9 Å². The molecule has 4 nitrogen and oxygen atoms in total. The summed E-state index contributed by atoms with van der Waals surface area (Å²) in [6.07, 6.45) is 1.65. The van der Waals surface area contributed by atoms with Crippen LogP contribution in [0.25, 0.3) is 0 Å². The fourth-order valence-electron chi connectivity index (χ4n) is 2.83. The van der Waals surface area contributed by atoms with Crippen LogP contribution in [0.2, 0.25) is 0 Å². The van der Waals surface area contributed by atoms with Crippen LogP contribution < -0.4 is 11.1 Å². The van der Waals surface area contributed by atoms with Crippen LogP contribution in [0, 0.1) is 5.82 Å². The topological polar surface area (TPSA) is 64.3 Å². The number of anilines is 1. The average molecular weight is 280 g/mol. The zero-order valence-corrected chi connectivity index (χ0v) is 11.9. The summed E-state index contributed by atoms with van der Waals surface area (Å²) in [7, 11) is 0. The predicted molar refractivity (Wildman–Crippen MR) is 75.8 cm³/mol. The number of hydrogen-bond donors (Lipinski definition) is 2. The summed E-state index contributed by atoms with van der Waals surface area (Å²) >= 11 is 0. The second-order valence-electron chi connectivity index (χ2n) is 5.48. The third-order valence-electron chi connectivity index (χ3n) is 3.73. The van der Waals surface area contributed by atoms with E-state index in [0.717, 1.165) is 18.4 Å². The zero-order valence-electron chi connectivity index (χ0n) is 11.9. The molecule has 3 N–H and O–H groups in total. The van der Waals surface area contributed by atoms with Gasteiger partial charge in [0.2, 0.25) is 0 Å². The largest absolute Gasteiger partial charge is 0.461 e. The van der Waals surface area contributed by atoms with Crippen molar-refractivity contribution in [2.24, 2.45) is 0 Å². The van der Waals surface area contributed by atoms with Gasteiger partial charge in [0.25, 0.3) is 0 Å². The number of rotatable bonds is 4. The van der Waals surface area contributed by atoms with Crippen LogP contribution in [0.1, 0.15) is 38.2 Å². The Morgan fingerprint density at radius 1 is 1.60 bits per heavy atom. The molecule has 1 aromatic carbocycles. The molecular formula is C15H21FN2O2. The lowest BCUT2D eigenvalue weighted by Gasteiger charge is -2.18. The van der Waals surface area contributed by atoms with E-state index in [0.29, 0.717) is 18.3 Å². The Morgan fingerprint density at radius 3 is 3.00 bits per heavy atom. The number of nitrogens with one attached hydrogen (secondary N) is 1. The van der Waals surface area contributed by atoms with Crippen LogP contribution >= 0.6 is 0 Å². The highest BCUT2D eigenvalue weighted by Gasteiger charge is 2.27. The maximum absolute atomic E-state index is 13.0. The number of hydrogen-bond acceptors (Lipinski definition) is 4. The molecule has 0 bridgehead atoms. The number of benzene rings is 1. The second-order valence-corrected chi connectivity index (χ2v) is 5.48. The molecule has 5 heteroatoms. The fraction of sp³-hybridized carbons (Fsp3) is 0.533. The number of ether oxygens (including phenoxy) is 1. The summed E-state index contributed by atoms with van der Waals surface area (Å²) in [5.74, 6) is -0.329. The standard InChI is InChI=1S/C15H21FN2O2/c1-9(14-4-3-11(16)6-15(14)17)5-12-7-13(8-18-12)20-10(2)19/h3-4,6,9,12-13,18H,5,7-8,17H2,1-2H3/t9?,12-,13+/m1/s1. The molecule has 1 unspecified atom stereocenters. The third kappa shape index (κ3) is 3.70. The van der Waals surface area contributed by atoms with E-state index in [1.54, 1.807) is 6.07 Å². The molecule has 1 aliphatic rings. The lowest BCUT2D eigenvalue weighted by molar-refractivity contribution is -0.145. The van der Waals surface area contributed by atoms with E-state index in [1.807, 2.05) is 0 Å². The van der Waals surface area contributed by atoms with Gasteiger partial charge in [0.05, 0.1) is 0 Å². The highest BCUT2D eigenvalue weighted by atomic mass is 19.1. The summed E-state index contributed by atoms with van der Waals surface area (Å²) in [6, 6.07) is 4.83. The molecule has 20 heavy (non-hydrogen) atoms. The first-order valence-corrected chi connectivity index (χ1v) is 6.91. The monoisotopic (exact) mass is 280 g/mol. The van der Waals surface area contributed by atoms with Crippen LogP contribution in [0.5, 0.6) is 0 Å². The Hall–Kier alpha value is -1.62. The van der Waals surface area contributed by atoms with E-state index >= 15 is 0 Å². The van der Waals surface area contributed by atoms with Crippen molar-refractivity contribution in [3.63, 3.8) is 0 Å². The maximum atomic E-state index is 13.0. The smallest absolute Gasteiger partial charge is 0.302 e. The molecule has 0 radical (unpaired) electrons. The van der Waals surface area contributed by atoms with Crippen molar-refractivity contribution in [3.8, 4) is 0 Å². The molecule has 1 saturated heterocycles. The number of esters is 1. The van der Waals surface area contributed by atoms with Gasteiger partial charge < -0.3 is 15.8 Å². The molecule has 1 fully saturated rings. The van der Waals surface area contributed by atoms with Gasteiger partial charge in [-0.05, 0) is 30.0 Å². The van der Waals surface area contributed by atoms with Crippen LogP contribution in [-0.4, -0.2) is 24.7 Å². The van der Waals surface area contributed by atoms with E-state index in [9.17, 15) is 9.18 Å². The zero-order chi connectivity index (χ0) is 14.7. The summed E-state index contributed by atoms with van der Waals surface area (Å²) < 4.78 is 18.2. The van der Waals surface area contributed by atoms with Crippen molar-refractivity contribution in [3.05, 3.63) is 29.6 Å². The second kappa shape index (κ2) is 6.22. The van der Waals surface area contributed by atoms with Crippen LogP contribution in [0.4, 0.5) is 10.1 Å². The molecule has 0 spiro atoms. The van der Waals surface area contributed by atoms with Crippen molar-refractivity contribution in [2.45, 2.75) is 44.8 Å². The van der Waals surface area contributed by atoms with Crippen LogP contribution in [0.3, 0.4) is 0 Å². The first-order valence-electron chi connectivity index (χ1n) is 6.91. The van der Waals surface area contributed by atoms with Gasteiger partial charge in [-0.25, -0.2) is 4.39 Å². The number of halogens is 1. The lowest BCUT2D eigenvalue weighted by Crippen LogP contribution is -2.23. The van der Waals surface area contributed by atoms with Gasteiger partial charge in [-0.3, -0.25) is 4.79 Å². The van der Waals surface area contributed by atoms with Gasteiger partial charge in [0.15, 0.2) is 0 Å². The van der Waals surface area contributed by atoms with Gasteiger partial charge in [0, 0.05) is 31.6 Å². The number of nitrogen functional groups attached to an aromatic ring is 1. The van der Waals surface area contributed by atoms with Gasteiger partial charge in [-0.1, -0.05) is 13.0 Å². The molecule has 0 aliphatic carbocycles. The minimum atomic E-state index is -0.313. The SMILES string of the molecule is CC(=O)O[C@@H]1CN[C@H](CC(C)c2ccc(F)cc2N)C1. The number of nitrogens with two attached hydrogens (primary N) is 1. The molecule has 0 aromatic heterocycles. The Balaban J connectivity index is 1.92. The third-order valence-corrected chi connectivity index (χ3v) is 3.73. The van der Waals surface area contributed by atoms with Crippen molar-refractivity contribution in [1.29, 1.82) is 0 Å². The number of carbonyl (C=O) groups excluding carboxylic acids is 1. The molecule has 1 heterocycles. The average Bonchev–Trinajstić information content (AvgIpc) is 2.75. The van der Waals surface area contributed by atoms with Gasteiger partial charge in [-0.15, -0.1) is 0 Å². The van der Waals surface area contributed by atoms with Gasteiger partial charge >= 0.3 is 5.97 Å². The highest BCUT2D eigenvalue weighted by Crippen LogP contribution is 2.29. The van der Waals surface area contributed by atoms with Crippen molar-refractivity contribution >= 4 is 11.7 Å². The molecule has 0 amide bonds. The Bertz CT molecular complexity index is 493. The van der Waals surface area contributed by atoms with Gasteiger partial charge in [-0.2, -0.15) is 0 Å². The summed E-state index contributed by atoms with van der Waals surface area (Å²) in [5, 5.41) is 3.35. The molecule has 1 aliphatic heterocycles. The van der Waals surface area contributed by atoms with Crippen molar-refractivity contribution in [2.75, 3.05) is 12.3 Å². The van der Waals surface area contributed by atoms with Crippen molar-refractivity contribution in [1.82, 2.24) is 5.32 Å². The van der Waals surface area contributed by atoms with Crippen LogP contribution in [-0.2, 0) is 9.53 Å². The van der Waals surface area contributed by atoms with E-state index in [-0.39, 0.29) is 23.8 Å². The molecular weight excluding hydrogens is 259 g/mol. The minimum absolute atomic E-state index is 0.0461. The first-order chi connectivity index (χ1) is 9.45. The quantitative estimate of drug-likeness (QED) is 0.655. The molecule has 0 saturated carbocycles. The van der Waals surface area contributed by atoms with E-state index < -0.39 is 0 Å². The lowest BCUT2D eigenvalue weighted by atomic mass is 9.92. The normalized spacial score (nSPS) is 23.6. The summed E-state index contributed by atoms with van der Waals surface area (Å²) in [4.78, 5) is 10.9. The minimum Gasteiger partial charge on any atom is -0.461 e.